The molecular weight excluding hydrogens is 252 g/mol. The van der Waals surface area contributed by atoms with Crippen LogP contribution in [0.4, 0.5) is 0 Å². The van der Waals surface area contributed by atoms with Crippen molar-refractivity contribution >= 4 is 22.7 Å². The van der Waals surface area contributed by atoms with Crippen molar-refractivity contribution < 1.29 is 0 Å². The van der Waals surface area contributed by atoms with Gasteiger partial charge in [0.15, 0.2) is 0 Å². The Hall–Kier alpha value is -1.06. The van der Waals surface area contributed by atoms with E-state index in [1.165, 1.54) is 22.5 Å². The van der Waals surface area contributed by atoms with Crippen LogP contribution in [0.25, 0.3) is 10.9 Å². The van der Waals surface area contributed by atoms with Crippen molar-refractivity contribution in [3.63, 3.8) is 0 Å². The zero-order chi connectivity index (χ0) is 13.7. The lowest BCUT2D eigenvalue weighted by atomic mass is 10.1. The van der Waals surface area contributed by atoms with Crippen LogP contribution in [0.15, 0.2) is 30.3 Å². The third-order valence-corrected chi connectivity index (χ3v) is 4.29. The highest BCUT2D eigenvalue weighted by atomic mass is 32.2. The van der Waals surface area contributed by atoms with Crippen LogP contribution in [0.1, 0.15) is 25.1 Å². The monoisotopic (exact) mass is 274 g/mol. The Balaban J connectivity index is 2.11. The first-order valence-electron chi connectivity index (χ1n) is 6.87. The van der Waals surface area contributed by atoms with Crippen molar-refractivity contribution in [1.82, 2.24) is 10.3 Å². The van der Waals surface area contributed by atoms with E-state index in [9.17, 15) is 0 Å². The summed E-state index contributed by atoms with van der Waals surface area (Å²) in [6, 6.07) is 11.1. The lowest BCUT2D eigenvalue weighted by Crippen LogP contribution is -2.27. The number of nitrogens with one attached hydrogen (secondary N) is 1. The first kappa shape index (κ1) is 14.4. The fourth-order valence-corrected chi connectivity index (χ4v) is 2.89. The molecule has 1 atom stereocenters. The second-order valence-corrected chi connectivity index (χ2v) is 6.20. The summed E-state index contributed by atoms with van der Waals surface area (Å²) in [5, 5.41) is 4.86. The van der Waals surface area contributed by atoms with E-state index < -0.39 is 0 Å². The van der Waals surface area contributed by atoms with Gasteiger partial charge in [0.2, 0.25) is 0 Å². The summed E-state index contributed by atoms with van der Waals surface area (Å²) in [6.07, 6.45) is 0. The van der Waals surface area contributed by atoms with Gasteiger partial charge in [-0.05, 0) is 37.3 Å². The van der Waals surface area contributed by atoms with Crippen LogP contribution in [0.3, 0.4) is 0 Å². The van der Waals surface area contributed by atoms with Crippen LogP contribution in [0.2, 0.25) is 0 Å². The molecule has 1 N–H and O–H groups in total. The molecule has 0 spiro atoms. The van der Waals surface area contributed by atoms with E-state index in [2.05, 4.69) is 55.3 Å². The Morgan fingerprint density at radius 2 is 2.11 bits per heavy atom. The van der Waals surface area contributed by atoms with Crippen molar-refractivity contribution in [1.29, 1.82) is 0 Å². The SMILES string of the molecule is CCSCC(C)NCc1cc(C)nc2ccccc12. The zero-order valence-electron chi connectivity index (χ0n) is 11.9. The molecule has 102 valence electrons. The summed E-state index contributed by atoms with van der Waals surface area (Å²) >= 11 is 1.98. The molecule has 3 heteroatoms. The minimum Gasteiger partial charge on any atom is -0.309 e. The summed E-state index contributed by atoms with van der Waals surface area (Å²) in [6.45, 7) is 7.43. The number of thioether (sulfide) groups is 1. The van der Waals surface area contributed by atoms with Gasteiger partial charge < -0.3 is 5.32 Å². The maximum Gasteiger partial charge on any atom is 0.0708 e. The molecule has 0 saturated heterocycles. The van der Waals surface area contributed by atoms with Crippen LogP contribution < -0.4 is 5.32 Å². The Bertz CT molecular complexity index is 539. The molecule has 0 aliphatic rings. The van der Waals surface area contributed by atoms with E-state index in [0.29, 0.717) is 6.04 Å². The predicted octanol–water partition coefficient (Wildman–Crippen LogP) is 3.77. The van der Waals surface area contributed by atoms with E-state index in [1.807, 2.05) is 17.8 Å². The van der Waals surface area contributed by atoms with E-state index in [-0.39, 0.29) is 0 Å². The molecule has 2 rings (SSSR count). The number of hydrogen-bond acceptors (Lipinski definition) is 3. The molecule has 0 aliphatic heterocycles. The number of nitrogens with zero attached hydrogens (tertiary/aromatic N) is 1. The molecule has 0 amide bonds. The standard InChI is InChI=1S/C16H22N2S/c1-4-19-11-13(3)17-10-14-9-12(2)18-16-8-6-5-7-15(14)16/h5-9,13,17H,4,10-11H2,1-3H3. The van der Waals surface area contributed by atoms with Gasteiger partial charge in [0, 0.05) is 29.4 Å². The molecule has 19 heavy (non-hydrogen) atoms. The summed E-state index contributed by atoms with van der Waals surface area (Å²) in [5.74, 6) is 2.35. The molecule has 0 aliphatic carbocycles. The largest absolute Gasteiger partial charge is 0.309 e. The Labute approximate surface area is 120 Å². The third kappa shape index (κ3) is 3.95. The highest BCUT2D eigenvalue weighted by Gasteiger charge is 2.06. The second-order valence-electron chi connectivity index (χ2n) is 4.88. The number of aromatic nitrogens is 1. The number of aryl methyl sites for hydroxylation is 1. The summed E-state index contributed by atoms with van der Waals surface area (Å²) in [4.78, 5) is 4.58. The highest BCUT2D eigenvalue weighted by Crippen LogP contribution is 2.18. The molecule has 2 aromatic rings. The average molecular weight is 274 g/mol. The van der Waals surface area contributed by atoms with Crippen LogP contribution in [-0.4, -0.2) is 22.5 Å². The lowest BCUT2D eigenvalue weighted by molar-refractivity contribution is 0.597. The van der Waals surface area contributed by atoms with E-state index in [0.717, 1.165) is 17.8 Å². The van der Waals surface area contributed by atoms with Gasteiger partial charge in [0.25, 0.3) is 0 Å². The summed E-state index contributed by atoms with van der Waals surface area (Å²) in [7, 11) is 0. The predicted molar refractivity (Wildman–Crippen MR) is 85.8 cm³/mol. The fraction of sp³-hybridized carbons (Fsp3) is 0.438. The minimum atomic E-state index is 0.539. The zero-order valence-corrected chi connectivity index (χ0v) is 12.8. The Morgan fingerprint density at radius 1 is 1.32 bits per heavy atom. The van der Waals surface area contributed by atoms with Gasteiger partial charge in [-0.3, -0.25) is 4.98 Å². The van der Waals surface area contributed by atoms with Crippen LogP contribution in [0.5, 0.6) is 0 Å². The molecule has 1 heterocycles. The van der Waals surface area contributed by atoms with Gasteiger partial charge in [0.05, 0.1) is 5.52 Å². The van der Waals surface area contributed by atoms with Crippen molar-refractivity contribution in [3.8, 4) is 0 Å². The molecule has 2 nitrogen and oxygen atoms in total. The van der Waals surface area contributed by atoms with Crippen molar-refractivity contribution in [2.75, 3.05) is 11.5 Å². The molecule has 0 saturated carbocycles. The maximum absolute atomic E-state index is 4.58. The number of pyridine rings is 1. The minimum absolute atomic E-state index is 0.539. The number of rotatable bonds is 6. The van der Waals surface area contributed by atoms with Gasteiger partial charge in [-0.25, -0.2) is 0 Å². The van der Waals surface area contributed by atoms with Gasteiger partial charge >= 0.3 is 0 Å². The van der Waals surface area contributed by atoms with Gasteiger partial charge in [-0.1, -0.05) is 25.1 Å². The normalized spacial score (nSPS) is 12.8. The molecule has 0 bridgehead atoms. The van der Waals surface area contributed by atoms with Crippen LogP contribution >= 0.6 is 11.8 Å². The molecule has 1 aromatic heterocycles. The van der Waals surface area contributed by atoms with E-state index in [4.69, 9.17) is 0 Å². The Morgan fingerprint density at radius 3 is 2.89 bits per heavy atom. The smallest absolute Gasteiger partial charge is 0.0708 e. The molecule has 1 aromatic carbocycles. The van der Waals surface area contributed by atoms with Gasteiger partial charge in [-0.15, -0.1) is 0 Å². The van der Waals surface area contributed by atoms with Crippen LogP contribution in [-0.2, 0) is 6.54 Å². The van der Waals surface area contributed by atoms with E-state index in [1.54, 1.807) is 0 Å². The van der Waals surface area contributed by atoms with Gasteiger partial charge in [0.1, 0.15) is 0 Å². The fourth-order valence-electron chi connectivity index (χ4n) is 2.18. The molecule has 0 fully saturated rings. The molecule has 1 unspecified atom stereocenters. The number of fused-ring (bicyclic) bond motifs is 1. The van der Waals surface area contributed by atoms with Crippen molar-refractivity contribution in [2.45, 2.75) is 33.4 Å². The second kappa shape index (κ2) is 6.92. The lowest BCUT2D eigenvalue weighted by Gasteiger charge is -2.14. The Kier molecular flexibility index (Phi) is 5.23. The first-order chi connectivity index (χ1) is 9.20. The number of benzene rings is 1. The number of para-hydroxylation sites is 1. The van der Waals surface area contributed by atoms with E-state index >= 15 is 0 Å². The highest BCUT2D eigenvalue weighted by molar-refractivity contribution is 7.99. The van der Waals surface area contributed by atoms with Crippen molar-refractivity contribution in [2.24, 2.45) is 0 Å². The summed E-state index contributed by atoms with van der Waals surface area (Å²) in [5.41, 5.74) is 3.53. The first-order valence-corrected chi connectivity index (χ1v) is 8.02. The van der Waals surface area contributed by atoms with Crippen molar-refractivity contribution in [3.05, 3.63) is 41.6 Å². The molecular formula is C16H22N2S. The third-order valence-electron chi connectivity index (χ3n) is 3.14. The topological polar surface area (TPSA) is 24.9 Å². The molecule has 0 radical (unpaired) electrons. The maximum atomic E-state index is 4.58. The number of hydrogen-bond donors (Lipinski definition) is 1. The van der Waals surface area contributed by atoms with Crippen LogP contribution in [0, 0.1) is 6.92 Å². The summed E-state index contributed by atoms with van der Waals surface area (Å²) < 4.78 is 0. The quantitative estimate of drug-likeness (QED) is 0.868. The van der Waals surface area contributed by atoms with Gasteiger partial charge in [-0.2, -0.15) is 11.8 Å². The average Bonchev–Trinajstić information content (AvgIpc) is 2.42.